The van der Waals surface area contributed by atoms with Crippen molar-refractivity contribution in [1.29, 1.82) is 0 Å². The number of pyridine rings is 1. The van der Waals surface area contributed by atoms with Crippen LogP contribution in [0.4, 0.5) is 11.4 Å². The van der Waals surface area contributed by atoms with E-state index in [1.165, 1.54) is 41.6 Å². The molecule has 2 aromatic heterocycles. The Morgan fingerprint density at radius 2 is 1.85 bits per heavy atom. The number of nitro benzene ring substituents is 1. The molecule has 0 aliphatic carbocycles. The molecule has 1 amide bonds. The van der Waals surface area contributed by atoms with Crippen LogP contribution in [-0.2, 0) is 17.8 Å². The highest BCUT2D eigenvalue weighted by molar-refractivity contribution is 8.00. The van der Waals surface area contributed by atoms with E-state index in [2.05, 4.69) is 32.6 Å². The summed E-state index contributed by atoms with van der Waals surface area (Å²) in [5.41, 5.74) is 2.49. The molecular weight excluding hydrogens is 452 g/mol. The second-order valence-corrected chi connectivity index (χ2v) is 8.80. The lowest BCUT2D eigenvalue weighted by Crippen LogP contribution is -2.23. The fourth-order valence-electron chi connectivity index (χ4n) is 3.29. The Balaban J connectivity index is 1.51. The number of aromatic nitrogens is 4. The molecule has 34 heavy (non-hydrogen) atoms. The van der Waals surface area contributed by atoms with Crippen molar-refractivity contribution in [2.24, 2.45) is 0 Å². The van der Waals surface area contributed by atoms with Crippen LogP contribution in [-0.4, -0.2) is 35.8 Å². The van der Waals surface area contributed by atoms with Crippen molar-refractivity contribution in [1.82, 2.24) is 19.7 Å². The van der Waals surface area contributed by atoms with Gasteiger partial charge in [0.2, 0.25) is 5.91 Å². The van der Waals surface area contributed by atoms with Gasteiger partial charge in [0.1, 0.15) is 0 Å². The number of nitrogens with zero attached hydrogens (tertiary/aromatic N) is 5. The third-order valence-electron chi connectivity index (χ3n) is 5.10. The zero-order valence-electron chi connectivity index (χ0n) is 18.4. The largest absolute Gasteiger partial charge is 0.325 e. The summed E-state index contributed by atoms with van der Waals surface area (Å²) in [5, 5.41) is 22.5. The molecular formula is C24H22N6O3S. The predicted octanol–water partition coefficient (Wildman–Crippen LogP) is 4.61. The van der Waals surface area contributed by atoms with Crippen LogP contribution in [0.1, 0.15) is 12.5 Å². The van der Waals surface area contributed by atoms with Crippen molar-refractivity contribution in [2.45, 2.75) is 30.3 Å². The number of nitrogens with one attached hydrogen (secondary N) is 1. The van der Waals surface area contributed by atoms with Crippen molar-refractivity contribution in [3.05, 3.63) is 94.8 Å². The van der Waals surface area contributed by atoms with Crippen molar-refractivity contribution in [2.75, 3.05) is 5.32 Å². The zero-order chi connectivity index (χ0) is 23.9. The molecule has 0 aliphatic heterocycles. The second kappa shape index (κ2) is 10.7. The molecule has 1 N–H and O–H groups in total. The fraction of sp³-hybridized carbons (Fsp3) is 0.167. The molecule has 0 fully saturated rings. The van der Waals surface area contributed by atoms with E-state index in [0.29, 0.717) is 23.2 Å². The van der Waals surface area contributed by atoms with Gasteiger partial charge in [-0.2, -0.15) is 0 Å². The Hall–Kier alpha value is -4.05. The first-order chi connectivity index (χ1) is 16.5. The quantitative estimate of drug-likeness (QED) is 0.214. The van der Waals surface area contributed by atoms with Crippen LogP contribution in [0.5, 0.6) is 0 Å². The molecule has 0 spiro atoms. The van der Waals surface area contributed by atoms with Crippen LogP contribution in [0, 0.1) is 10.1 Å². The lowest BCUT2D eigenvalue weighted by atomic mass is 10.1. The Kier molecular flexibility index (Phi) is 7.28. The van der Waals surface area contributed by atoms with Crippen molar-refractivity contribution >= 4 is 29.0 Å². The molecule has 2 heterocycles. The standard InChI is InChI=1S/C24H22N6O3S/c1-17(23(31)26-20-9-11-21(12-10-20)30(32)33)34-24-28-27-22(19-8-5-14-25-16-19)29(24)15-13-18-6-3-2-4-7-18/h2-12,14,16-17H,13,15H2,1H3,(H,26,31)/t17-/m1/s1. The van der Waals surface area contributed by atoms with Crippen LogP contribution in [0.2, 0.25) is 0 Å². The summed E-state index contributed by atoms with van der Waals surface area (Å²) in [6.45, 7) is 2.42. The normalized spacial score (nSPS) is 11.7. The smallest absolute Gasteiger partial charge is 0.269 e. The minimum Gasteiger partial charge on any atom is -0.325 e. The number of anilines is 1. The summed E-state index contributed by atoms with van der Waals surface area (Å²) in [6.07, 6.45) is 4.22. The van der Waals surface area contributed by atoms with Crippen molar-refractivity contribution < 1.29 is 9.72 Å². The number of non-ortho nitro benzene ring substituents is 1. The van der Waals surface area contributed by atoms with Gasteiger partial charge in [-0.05, 0) is 43.2 Å². The number of thioether (sulfide) groups is 1. The molecule has 2 aromatic carbocycles. The minimum atomic E-state index is -0.480. The average molecular weight is 475 g/mol. The maximum absolute atomic E-state index is 12.8. The highest BCUT2D eigenvalue weighted by Gasteiger charge is 2.21. The maximum atomic E-state index is 12.8. The summed E-state index contributed by atoms with van der Waals surface area (Å²) in [6, 6.07) is 19.6. The first kappa shape index (κ1) is 23.1. The van der Waals surface area contributed by atoms with E-state index in [-0.39, 0.29) is 11.6 Å². The molecule has 1 atom stereocenters. The second-order valence-electron chi connectivity index (χ2n) is 7.49. The zero-order valence-corrected chi connectivity index (χ0v) is 19.2. The minimum absolute atomic E-state index is 0.0325. The predicted molar refractivity (Wildman–Crippen MR) is 130 cm³/mol. The number of carbonyl (C=O) groups is 1. The lowest BCUT2D eigenvalue weighted by Gasteiger charge is -2.14. The molecule has 10 heteroatoms. The van der Waals surface area contributed by atoms with Crippen LogP contribution >= 0.6 is 11.8 Å². The number of carbonyl (C=O) groups excluding carboxylic acids is 1. The summed E-state index contributed by atoms with van der Waals surface area (Å²) in [7, 11) is 0. The molecule has 172 valence electrons. The van der Waals surface area contributed by atoms with Gasteiger partial charge in [0.05, 0.1) is 10.2 Å². The maximum Gasteiger partial charge on any atom is 0.269 e. The molecule has 0 radical (unpaired) electrons. The number of benzene rings is 2. The van der Waals surface area contributed by atoms with Gasteiger partial charge in [0, 0.05) is 42.3 Å². The molecule has 0 bridgehead atoms. The topological polar surface area (TPSA) is 116 Å². The van der Waals surface area contributed by atoms with Crippen LogP contribution < -0.4 is 5.32 Å². The van der Waals surface area contributed by atoms with Gasteiger partial charge in [-0.1, -0.05) is 42.1 Å². The van der Waals surface area contributed by atoms with E-state index in [1.807, 2.05) is 34.9 Å². The van der Waals surface area contributed by atoms with Gasteiger partial charge < -0.3 is 9.88 Å². The van der Waals surface area contributed by atoms with Crippen LogP contribution in [0.3, 0.4) is 0 Å². The molecule has 0 unspecified atom stereocenters. The molecule has 9 nitrogen and oxygen atoms in total. The fourth-order valence-corrected chi connectivity index (χ4v) is 4.17. The Bertz CT molecular complexity index is 1260. The average Bonchev–Trinajstić information content (AvgIpc) is 3.26. The first-order valence-corrected chi connectivity index (χ1v) is 11.5. The van der Waals surface area contributed by atoms with E-state index in [0.717, 1.165) is 12.0 Å². The van der Waals surface area contributed by atoms with E-state index >= 15 is 0 Å². The lowest BCUT2D eigenvalue weighted by molar-refractivity contribution is -0.384. The highest BCUT2D eigenvalue weighted by atomic mass is 32.2. The first-order valence-electron chi connectivity index (χ1n) is 10.6. The number of aryl methyl sites for hydroxylation is 1. The van der Waals surface area contributed by atoms with Gasteiger partial charge in [-0.3, -0.25) is 19.9 Å². The SMILES string of the molecule is C[C@@H](Sc1nnc(-c2cccnc2)n1CCc1ccccc1)C(=O)Nc1ccc([N+](=O)[O-])cc1. The summed E-state index contributed by atoms with van der Waals surface area (Å²) >= 11 is 1.30. The number of nitro groups is 1. The molecule has 4 aromatic rings. The van der Waals surface area contributed by atoms with Gasteiger partial charge in [-0.25, -0.2) is 0 Å². The van der Waals surface area contributed by atoms with Crippen molar-refractivity contribution in [3.8, 4) is 11.4 Å². The third kappa shape index (κ3) is 5.65. The molecule has 0 saturated carbocycles. The van der Waals surface area contributed by atoms with Gasteiger partial charge in [0.25, 0.3) is 5.69 Å². The highest BCUT2D eigenvalue weighted by Crippen LogP contribution is 2.28. The molecule has 4 rings (SSSR count). The van der Waals surface area contributed by atoms with E-state index in [1.54, 1.807) is 19.3 Å². The van der Waals surface area contributed by atoms with Crippen LogP contribution in [0.15, 0.2) is 84.3 Å². The van der Waals surface area contributed by atoms with E-state index in [4.69, 9.17) is 0 Å². The number of amides is 1. The molecule has 0 aliphatic rings. The van der Waals surface area contributed by atoms with E-state index < -0.39 is 10.2 Å². The monoisotopic (exact) mass is 474 g/mol. The Morgan fingerprint density at radius 1 is 1.09 bits per heavy atom. The number of rotatable bonds is 9. The van der Waals surface area contributed by atoms with E-state index in [9.17, 15) is 14.9 Å². The van der Waals surface area contributed by atoms with Gasteiger partial charge >= 0.3 is 0 Å². The Labute approximate surface area is 200 Å². The van der Waals surface area contributed by atoms with Gasteiger partial charge in [0.15, 0.2) is 11.0 Å². The molecule has 0 saturated heterocycles. The summed E-state index contributed by atoms with van der Waals surface area (Å²) in [4.78, 5) is 27.3. The number of hydrogen-bond acceptors (Lipinski definition) is 7. The van der Waals surface area contributed by atoms with Crippen LogP contribution in [0.25, 0.3) is 11.4 Å². The Morgan fingerprint density at radius 3 is 2.53 bits per heavy atom. The van der Waals surface area contributed by atoms with Crippen molar-refractivity contribution in [3.63, 3.8) is 0 Å². The summed E-state index contributed by atoms with van der Waals surface area (Å²) in [5.74, 6) is 0.453. The number of hydrogen-bond donors (Lipinski definition) is 1. The summed E-state index contributed by atoms with van der Waals surface area (Å²) < 4.78 is 2.00. The van der Waals surface area contributed by atoms with Gasteiger partial charge in [-0.15, -0.1) is 10.2 Å². The third-order valence-corrected chi connectivity index (χ3v) is 6.18.